The molecule has 0 aliphatic heterocycles. The maximum absolute atomic E-state index is 4.43. The Morgan fingerprint density at radius 3 is 2.62 bits per heavy atom. The zero-order valence-electron chi connectivity index (χ0n) is 8.11. The Morgan fingerprint density at radius 1 is 0.938 bits per heavy atom. The summed E-state index contributed by atoms with van der Waals surface area (Å²) in [5.41, 5.74) is 1.86. The van der Waals surface area contributed by atoms with Crippen molar-refractivity contribution in [3.8, 4) is 0 Å². The van der Waals surface area contributed by atoms with Gasteiger partial charge in [-0.05, 0) is 34.1 Å². The summed E-state index contributed by atoms with van der Waals surface area (Å²) in [5, 5.41) is 2.21. The van der Waals surface area contributed by atoms with Crippen LogP contribution in [0.15, 0.2) is 45.6 Å². The van der Waals surface area contributed by atoms with Crippen LogP contribution in [0.25, 0.3) is 21.8 Å². The minimum atomic E-state index is 0.911. The van der Waals surface area contributed by atoms with Gasteiger partial charge in [-0.15, -0.1) is 0 Å². The van der Waals surface area contributed by atoms with Crippen LogP contribution >= 0.6 is 31.9 Å². The van der Waals surface area contributed by atoms with Crippen molar-refractivity contribution in [2.24, 2.45) is 0 Å². The first-order valence-electron chi connectivity index (χ1n) is 4.75. The quantitative estimate of drug-likeness (QED) is 0.571. The number of nitrogens with zero attached hydrogens (tertiary/aromatic N) is 2. The predicted molar refractivity (Wildman–Crippen MR) is 72.4 cm³/mol. The lowest BCUT2D eigenvalue weighted by atomic mass is 10.1. The monoisotopic (exact) mass is 336 g/mol. The third kappa shape index (κ3) is 1.44. The van der Waals surface area contributed by atoms with E-state index in [0.29, 0.717) is 0 Å². The van der Waals surface area contributed by atoms with Crippen molar-refractivity contribution in [3.05, 3.63) is 45.6 Å². The molecule has 0 bridgehead atoms. The van der Waals surface area contributed by atoms with Gasteiger partial charge in [0.2, 0.25) is 0 Å². The molecule has 0 spiro atoms. The van der Waals surface area contributed by atoms with Gasteiger partial charge in [0, 0.05) is 25.9 Å². The Labute approximate surface area is 109 Å². The van der Waals surface area contributed by atoms with Crippen molar-refractivity contribution in [2.45, 2.75) is 0 Å². The number of halogens is 2. The van der Waals surface area contributed by atoms with Crippen LogP contribution in [0.2, 0.25) is 0 Å². The SMILES string of the molecule is Brc1ccc(Br)c2c1ncc1ncccc12. The second kappa shape index (κ2) is 3.79. The molecular weight excluding hydrogens is 332 g/mol. The predicted octanol–water partition coefficient (Wildman–Crippen LogP) is 4.31. The molecular formula is C12H6Br2N2. The van der Waals surface area contributed by atoms with E-state index in [4.69, 9.17) is 0 Å². The van der Waals surface area contributed by atoms with E-state index in [1.807, 2.05) is 18.2 Å². The number of hydrogen-bond acceptors (Lipinski definition) is 2. The van der Waals surface area contributed by atoms with Gasteiger partial charge < -0.3 is 0 Å². The van der Waals surface area contributed by atoms with Gasteiger partial charge in [0.1, 0.15) is 0 Å². The second-order valence-corrected chi connectivity index (χ2v) is 5.16. The Balaban J connectivity index is 2.64. The van der Waals surface area contributed by atoms with Gasteiger partial charge >= 0.3 is 0 Å². The smallest absolute Gasteiger partial charge is 0.0892 e. The first kappa shape index (κ1) is 10.2. The summed E-state index contributed by atoms with van der Waals surface area (Å²) < 4.78 is 2.04. The third-order valence-electron chi connectivity index (χ3n) is 2.50. The van der Waals surface area contributed by atoms with Crippen molar-refractivity contribution in [1.29, 1.82) is 0 Å². The molecule has 0 radical (unpaired) electrons. The molecule has 0 aliphatic rings. The highest BCUT2D eigenvalue weighted by atomic mass is 79.9. The maximum atomic E-state index is 4.43. The summed E-state index contributed by atoms with van der Waals surface area (Å²) >= 11 is 7.08. The van der Waals surface area contributed by atoms with Gasteiger partial charge in [-0.1, -0.05) is 22.0 Å². The average Bonchev–Trinajstić information content (AvgIpc) is 2.33. The number of rotatable bonds is 0. The van der Waals surface area contributed by atoms with Gasteiger partial charge in [0.05, 0.1) is 17.2 Å². The molecule has 78 valence electrons. The average molecular weight is 338 g/mol. The number of aromatic nitrogens is 2. The highest BCUT2D eigenvalue weighted by molar-refractivity contribution is 9.11. The lowest BCUT2D eigenvalue weighted by molar-refractivity contribution is 1.35. The van der Waals surface area contributed by atoms with Gasteiger partial charge in [-0.3, -0.25) is 9.97 Å². The van der Waals surface area contributed by atoms with Crippen molar-refractivity contribution in [1.82, 2.24) is 9.97 Å². The van der Waals surface area contributed by atoms with Gasteiger partial charge in [0.25, 0.3) is 0 Å². The summed E-state index contributed by atoms with van der Waals surface area (Å²) in [7, 11) is 0. The standard InChI is InChI=1S/C12H6Br2N2/c13-8-3-4-9(14)12-11(8)7-2-1-5-15-10(7)6-16-12/h1-6H. The molecule has 3 aromatic rings. The molecule has 3 rings (SSSR count). The highest BCUT2D eigenvalue weighted by Crippen LogP contribution is 2.33. The first-order valence-corrected chi connectivity index (χ1v) is 6.33. The van der Waals surface area contributed by atoms with Crippen molar-refractivity contribution >= 4 is 53.7 Å². The Bertz CT molecular complexity index is 695. The molecule has 2 nitrogen and oxygen atoms in total. The van der Waals surface area contributed by atoms with Crippen molar-refractivity contribution in [2.75, 3.05) is 0 Å². The zero-order valence-corrected chi connectivity index (χ0v) is 11.3. The van der Waals surface area contributed by atoms with Crippen molar-refractivity contribution < 1.29 is 0 Å². The van der Waals surface area contributed by atoms with Crippen molar-refractivity contribution in [3.63, 3.8) is 0 Å². The minimum Gasteiger partial charge on any atom is -0.255 e. The van der Waals surface area contributed by atoms with Gasteiger partial charge in [-0.25, -0.2) is 0 Å². The second-order valence-electron chi connectivity index (χ2n) is 3.45. The largest absolute Gasteiger partial charge is 0.255 e. The lowest BCUT2D eigenvalue weighted by Gasteiger charge is -2.05. The third-order valence-corrected chi connectivity index (χ3v) is 3.80. The minimum absolute atomic E-state index is 0.911. The van der Waals surface area contributed by atoms with Gasteiger partial charge in [0.15, 0.2) is 0 Å². The molecule has 0 unspecified atom stereocenters. The van der Waals surface area contributed by atoms with Crippen LogP contribution in [0.1, 0.15) is 0 Å². The molecule has 0 saturated heterocycles. The molecule has 16 heavy (non-hydrogen) atoms. The van der Waals surface area contributed by atoms with E-state index >= 15 is 0 Å². The van der Waals surface area contributed by atoms with Gasteiger partial charge in [-0.2, -0.15) is 0 Å². The fourth-order valence-corrected chi connectivity index (χ4v) is 2.75. The fourth-order valence-electron chi connectivity index (χ4n) is 1.78. The molecule has 2 heterocycles. The summed E-state index contributed by atoms with van der Waals surface area (Å²) in [4.78, 5) is 8.73. The number of hydrogen-bond donors (Lipinski definition) is 0. The summed E-state index contributed by atoms with van der Waals surface area (Å²) in [5.74, 6) is 0. The number of benzene rings is 1. The van der Waals surface area contributed by atoms with E-state index in [0.717, 1.165) is 30.8 Å². The highest BCUT2D eigenvalue weighted by Gasteiger charge is 2.08. The normalized spacial score (nSPS) is 11.1. The van der Waals surface area contributed by atoms with E-state index in [1.54, 1.807) is 12.4 Å². The Hall–Kier alpha value is -1.00. The summed E-state index contributed by atoms with van der Waals surface area (Å²) in [6, 6.07) is 8.00. The molecule has 0 fully saturated rings. The molecule has 0 amide bonds. The van der Waals surface area contributed by atoms with Crippen LogP contribution in [-0.4, -0.2) is 9.97 Å². The van der Waals surface area contributed by atoms with E-state index in [-0.39, 0.29) is 0 Å². The molecule has 0 N–H and O–H groups in total. The molecule has 0 saturated carbocycles. The van der Waals surface area contributed by atoms with Crippen LogP contribution in [-0.2, 0) is 0 Å². The van der Waals surface area contributed by atoms with E-state index in [1.165, 1.54) is 0 Å². The van der Waals surface area contributed by atoms with E-state index in [2.05, 4.69) is 47.9 Å². The summed E-state index contributed by atoms with van der Waals surface area (Å²) in [6.07, 6.45) is 3.58. The topological polar surface area (TPSA) is 25.8 Å². The first-order chi connectivity index (χ1) is 7.77. The molecule has 1 aromatic carbocycles. The molecule has 4 heteroatoms. The van der Waals surface area contributed by atoms with E-state index in [9.17, 15) is 0 Å². The Kier molecular flexibility index (Phi) is 2.41. The number of pyridine rings is 2. The van der Waals surface area contributed by atoms with E-state index < -0.39 is 0 Å². The zero-order chi connectivity index (χ0) is 11.1. The van der Waals surface area contributed by atoms with Crippen LogP contribution in [0.3, 0.4) is 0 Å². The molecule has 2 aromatic heterocycles. The fraction of sp³-hybridized carbons (Fsp3) is 0. The molecule has 0 atom stereocenters. The van der Waals surface area contributed by atoms with Crippen LogP contribution in [0.4, 0.5) is 0 Å². The Morgan fingerprint density at radius 2 is 1.75 bits per heavy atom. The number of fused-ring (bicyclic) bond motifs is 3. The van der Waals surface area contributed by atoms with Crippen LogP contribution in [0, 0.1) is 0 Å². The lowest BCUT2D eigenvalue weighted by Crippen LogP contribution is -1.86. The van der Waals surface area contributed by atoms with Crippen LogP contribution < -0.4 is 0 Å². The van der Waals surface area contributed by atoms with Crippen LogP contribution in [0.5, 0.6) is 0 Å². The summed E-state index contributed by atoms with van der Waals surface area (Å²) in [6.45, 7) is 0. The molecule has 0 aliphatic carbocycles. The maximum Gasteiger partial charge on any atom is 0.0892 e.